The van der Waals surface area contributed by atoms with Gasteiger partial charge in [0.2, 0.25) is 0 Å². The zero-order valence-corrected chi connectivity index (χ0v) is 10.5. The van der Waals surface area contributed by atoms with Gasteiger partial charge in [-0.25, -0.2) is 0 Å². The van der Waals surface area contributed by atoms with Crippen molar-refractivity contribution in [1.82, 2.24) is 9.59 Å². The SMILES string of the molecule is O=C(Nc1ccc(CCCl)cc1)c1csnn1. The molecule has 0 aliphatic heterocycles. The minimum Gasteiger partial charge on any atom is -0.321 e. The second-order valence-electron chi connectivity index (χ2n) is 3.38. The molecule has 1 amide bonds. The van der Waals surface area contributed by atoms with Crippen molar-refractivity contribution in [2.75, 3.05) is 11.2 Å². The van der Waals surface area contributed by atoms with E-state index >= 15 is 0 Å². The van der Waals surface area contributed by atoms with Gasteiger partial charge in [0.15, 0.2) is 5.69 Å². The minimum atomic E-state index is -0.246. The molecule has 1 N–H and O–H groups in total. The van der Waals surface area contributed by atoms with E-state index in [4.69, 9.17) is 11.6 Å². The highest BCUT2D eigenvalue weighted by Gasteiger charge is 2.08. The molecule has 0 atom stereocenters. The average Bonchev–Trinajstić information content (AvgIpc) is 2.86. The maximum Gasteiger partial charge on any atom is 0.277 e. The first kappa shape index (κ1) is 12.0. The summed E-state index contributed by atoms with van der Waals surface area (Å²) in [5.41, 5.74) is 2.22. The van der Waals surface area contributed by atoms with Crippen molar-refractivity contribution in [3.8, 4) is 0 Å². The molecular formula is C11H10ClN3OS. The zero-order valence-electron chi connectivity index (χ0n) is 8.89. The molecule has 0 saturated carbocycles. The van der Waals surface area contributed by atoms with E-state index < -0.39 is 0 Å². The van der Waals surface area contributed by atoms with E-state index in [0.29, 0.717) is 11.6 Å². The number of nitrogens with zero attached hydrogens (tertiary/aromatic N) is 2. The lowest BCUT2D eigenvalue weighted by Gasteiger charge is -2.04. The second-order valence-corrected chi connectivity index (χ2v) is 4.37. The lowest BCUT2D eigenvalue weighted by Crippen LogP contribution is -2.12. The van der Waals surface area contributed by atoms with E-state index in [0.717, 1.165) is 29.2 Å². The fourth-order valence-electron chi connectivity index (χ4n) is 1.32. The molecule has 0 fully saturated rings. The van der Waals surface area contributed by atoms with Gasteiger partial charge in [0.25, 0.3) is 5.91 Å². The van der Waals surface area contributed by atoms with Crippen molar-refractivity contribution in [1.29, 1.82) is 0 Å². The summed E-state index contributed by atoms with van der Waals surface area (Å²) in [4.78, 5) is 11.7. The monoisotopic (exact) mass is 267 g/mol. The summed E-state index contributed by atoms with van der Waals surface area (Å²) in [6.45, 7) is 0. The van der Waals surface area contributed by atoms with E-state index in [2.05, 4.69) is 14.9 Å². The number of aryl methyl sites for hydroxylation is 1. The maximum absolute atomic E-state index is 11.7. The summed E-state index contributed by atoms with van der Waals surface area (Å²) in [6.07, 6.45) is 0.825. The van der Waals surface area contributed by atoms with Gasteiger partial charge in [-0.2, -0.15) is 0 Å². The molecule has 0 aliphatic rings. The van der Waals surface area contributed by atoms with E-state index in [-0.39, 0.29) is 5.91 Å². The molecule has 0 radical (unpaired) electrons. The van der Waals surface area contributed by atoms with Crippen LogP contribution in [0, 0.1) is 0 Å². The van der Waals surface area contributed by atoms with Crippen molar-refractivity contribution in [3.63, 3.8) is 0 Å². The molecule has 17 heavy (non-hydrogen) atoms. The summed E-state index contributed by atoms with van der Waals surface area (Å²) in [6, 6.07) is 7.58. The molecule has 0 saturated heterocycles. The molecule has 0 aliphatic carbocycles. The van der Waals surface area contributed by atoms with Gasteiger partial charge in [-0.15, -0.1) is 16.7 Å². The molecular weight excluding hydrogens is 258 g/mol. The fourth-order valence-corrected chi connectivity index (χ4v) is 1.98. The maximum atomic E-state index is 11.7. The van der Waals surface area contributed by atoms with Crippen molar-refractivity contribution in [3.05, 3.63) is 40.9 Å². The summed E-state index contributed by atoms with van der Waals surface area (Å²) in [5.74, 6) is 0.347. The lowest BCUT2D eigenvalue weighted by atomic mass is 10.1. The van der Waals surface area contributed by atoms with Gasteiger partial charge in [-0.1, -0.05) is 16.6 Å². The molecule has 4 nitrogen and oxygen atoms in total. The number of hydrogen-bond acceptors (Lipinski definition) is 4. The Kier molecular flexibility index (Phi) is 4.06. The Morgan fingerprint density at radius 3 is 2.71 bits per heavy atom. The minimum absolute atomic E-state index is 0.246. The number of carbonyl (C=O) groups is 1. The van der Waals surface area contributed by atoms with Crippen LogP contribution in [0.5, 0.6) is 0 Å². The smallest absolute Gasteiger partial charge is 0.277 e. The van der Waals surface area contributed by atoms with E-state index in [1.165, 1.54) is 0 Å². The van der Waals surface area contributed by atoms with Gasteiger partial charge in [-0.05, 0) is 35.6 Å². The highest BCUT2D eigenvalue weighted by Crippen LogP contribution is 2.11. The molecule has 0 bridgehead atoms. The van der Waals surface area contributed by atoms with Crippen LogP contribution in [0.4, 0.5) is 5.69 Å². The van der Waals surface area contributed by atoms with Gasteiger partial charge >= 0.3 is 0 Å². The first-order valence-electron chi connectivity index (χ1n) is 5.03. The summed E-state index contributed by atoms with van der Waals surface area (Å²) < 4.78 is 3.64. The third-order valence-electron chi connectivity index (χ3n) is 2.19. The Morgan fingerprint density at radius 1 is 1.35 bits per heavy atom. The van der Waals surface area contributed by atoms with E-state index in [1.807, 2.05) is 24.3 Å². The fraction of sp³-hybridized carbons (Fsp3) is 0.182. The Hall–Kier alpha value is -1.46. The van der Waals surface area contributed by atoms with Crippen molar-refractivity contribution < 1.29 is 4.79 Å². The highest BCUT2D eigenvalue weighted by atomic mass is 35.5. The average molecular weight is 268 g/mol. The van der Waals surface area contributed by atoms with Crippen molar-refractivity contribution in [2.24, 2.45) is 0 Å². The highest BCUT2D eigenvalue weighted by molar-refractivity contribution is 7.03. The number of benzene rings is 1. The molecule has 2 aromatic rings. The molecule has 2 rings (SSSR count). The second kappa shape index (κ2) is 5.75. The summed E-state index contributed by atoms with van der Waals surface area (Å²) in [7, 11) is 0. The number of alkyl halides is 1. The molecule has 0 spiro atoms. The van der Waals surface area contributed by atoms with Crippen LogP contribution in [-0.4, -0.2) is 21.4 Å². The van der Waals surface area contributed by atoms with Crippen LogP contribution in [0.2, 0.25) is 0 Å². The number of anilines is 1. The van der Waals surface area contributed by atoms with Crippen LogP contribution in [0.25, 0.3) is 0 Å². The third kappa shape index (κ3) is 3.25. The third-order valence-corrected chi connectivity index (χ3v) is 2.88. The Bertz CT molecular complexity index is 484. The number of aromatic nitrogens is 2. The van der Waals surface area contributed by atoms with Crippen LogP contribution in [0.3, 0.4) is 0 Å². The van der Waals surface area contributed by atoms with E-state index in [1.54, 1.807) is 5.38 Å². The first-order valence-corrected chi connectivity index (χ1v) is 6.40. The standard InChI is InChI=1S/C11H10ClN3OS/c12-6-5-8-1-3-9(4-2-8)13-11(16)10-7-17-15-14-10/h1-4,7H,5-6H2,(H,13,16). The number of rotatable bonds is 4. The van der Waals surface area contributed by atoms with Crippen LogP contribution < -0.4 is 5.32 Å². The van der Waals surface area contributed by atoms with Crippen LogP contribution >= 0.6 is 23.1 Å². The van der Waals surface area contributed by atoms with Crippen LogP contribution in [-0.2, 0) is 6.42 Å². The molecule has 0 unspecified atom stereocenters. The molecule has 6 heteroatoms. The molecule has 1 aromatic carbocycles. The number of carbonyl (C=O) groups excluding carboxylic acids is 1. The zero-order chi connectivity index (χ0) is 12.1. The van der Waals surface area contributed by atoms with Gasteiger partial charge in [0.1, 0.15) is 0 Å². The van der Waals surface area contributed by atoms with Gasteiger partial charge in [0.05, 0.1) is 0 Å². The first-order chi connectivity index (χ1) is 8.29. The van der Waals surface area contributed by atoms with Gasteiger partial charge in [0, 0.05) is 16.9 Å². The van der Waals surface area contributed by atoms with Gasteiger partial charge < -0.3 is 5.32 Å². The summed E-state index contributed by atoms with van der Waals surface area (Å²) >= 11 is 6.79. The molecule has 1 aromatic heterocycles. The van der Waals surface area contributed by atoms with Crippen LogP contribution in [0.1, 0.15) is 16.1 Å². The van der Waals surface area contributed by atoms with E-state index in [9.17, 15) is 4.79 Å². The predicted octanol–water partition coefficient (Wildman–Crippen LogP) is 2.57. The van der Waals surface area contributed by atoms with Crippen LogP contribution in [0.15, 0.2) is 29.6 Å². The number of halogens is 1. The quantitative estimate of drug-likeness (QED) is 0.867. The lowest BCUT2D eigenvalue weighted by molar-refractivity contribution is 0.102. The Labute approximate surface area is 108 Å². The Morgan fingerprint density at radius 2 is 2.12 bits per heavy atom. The molecule has 1 heterocycles. The van der Waals surface area contributed by atoms with Crippen molar-refractivity contribution >= 4 is 34.7 Å². The number of hydrogen-bond donors (Lipinski definition) is 1. The van der Waals surface area contributed by atoms with Crippen molar-refractivity contribution in [2.45, 2.75) is 6.42 Å². The predicted molar refractivity (Wildman–Crippen MR) is 68.7 cm³/mol. The van der Waals surface area contributed by atoms with Gasteiger partial charge in [-0.3, -0.25) is 4.79 Å². The normalized spacial score (nSPS) is 10.2. The Balaban J connectivity index is 2.01. The molecule has 88 valence electrons. The number of nitrogens with one attached hydrogen (secondary N) is 1. The largest absolute Gasteiger partial charge is 0.321 e. The summed E-state index contributed by atoms with van der Waals surface area (Å²) in [5, 5.41) is 8.05. The number of amides is 1. The topological polar surface area (TPSA) is 54.9 Å².